The summed E-state index contributed by atoms with van der Waals surface area (Å²) in [6, 6.07) is 0.269. The average molecular weight is 204 g/mol. The van der Waals surface area contributed by atoms with Crippen molar-refractivity contribution in [2.75, 3.05) is 19.6 Å². The van der Waals surface area contributed by atoms with Crippen LogP contribution in [0.4, 0.5) is 0 Å². The van der Waals surface area contributed by atoms with Gasteiger partial charge in [-0.25, -0.2) is 0 Å². The molecular weight excluding hydrogens is 188 g/mol. The smallest absolute Gasteiger partial charge is 0.195 e. The monoisotopic (exact) mass is 204 g/mol. The highest BCUT2D eigenvalue weighted by atomic mass is 32.2. The van der Waals surface area contributed by atoms with Crippen LogP contribution in [0.1, 0.15) is 26.2 Å². The molecule has 1 atom stereocenters. The zero-order valence-electron chi connectivity index (χ0n) is 7.94. The van der Waals surface area contributed by atoms with Gasteiger partial charge in [0.25, 0.3) is 10.2 Å². The van der Waals surface area contributed by atoms with Gasteiger partial charge in [-0.05, 0) is 19.3 Å². The minimum atomic E-state index is -3.06. The van der Waals surface area contributed by atoms with Gasteiger partial charge in [0.2, 0.25) is 0 Å². The maximum absolute atomic E-state index is 11.8. The van der Waals surface area contributed by atoms with Gasteiger partial charge in [-0.15, -0.1) is 0 Å². The quantitative estimate of drug-likeness (QED) is 0.668. The largest absolute Gasteiger partial charge is 0.282 e. The van der Waals surface area contributed by atoms with Gasteiger partial charge < -0.3 is 0 Å². The first kappa shape index (κ1) is 9.43. The first-order chi connectivity index (χ1) is 6.16. The van der Waals surface area contributed by atoms with E-state index in [1.54, 1.807) is 8.61 Å². The van der Waals surface area contributed by atoms with Crippen molar-refractivity contribution in [1.29, 1.82) is 0 Å². The molecule has 2 aliphatic heterocycles. The first-order valence-corrected chi connectivity index (χ1v) is 6.33. The molecule has 0 radical (unpaired) electrons. The van der Waals surface area contributed by atoms with E-state index in [4.69, 9.17) is 0 Å². The molecule has 0 aromatic rings. The van der Waals surface area contributed by atoms with Crippen LogP contribution in [0.2, 0.25) is 0 Å². The third kappa shape index (κ3) is 1.39. The van der Waals surface area contributed by atoms with E-state index in [2.05, 4.69) is 0 Å². The molecule has 0 aromatic heterocycles. The van der Waals surface area contributed by atoms with Crippen molar-refractivity contribution < 1.29 is 8.42 Å². The average Bonchev–Trinajstić information content (AvgIpc) is 1.77. The van der Waals surface area contributed by atoms with Crippen LogP contribution in [-0.2, 0) is 10.2 Å². The summed E-state index contributed by atoms with van der Waals surface area (Å²) >= 11 is 0. The topological polar surface area (TPSA) is 40.6 Å². The van der Waals surface area contributed by atoms with Crippen LogP contribution in [0.15, 0.2) is 0 Å². The van der Waals surface area contributed by atoms with Gasteiger partial charge in [0.15, 0.2) is 0 Å². The first-order valence-electron chi connectivity index (χ1n) is 4.93. The minimum Gasteiger partial charge on any atom is -0.195 e. The van der Waals surface area contributed by atoms with Crippen LogP contribution in [0.3, 0.4) is 0 Å². The van der Waals surface area contributed by atoms with Gasteiger partial charge >= 0.3 is 0 Å². The molecule has 4 nitrogen and oxygen atoms in total. The second kappa shape index (κ2) is 3.22. The van der Waals surface area contributed by atoms with Crippen molar-refractivity contribution in [2.24, 2.45) is 0 Å². The minimum absolute atomic E-state index is 0.269. The van der Waals surface area contributed by atoms with E-state index in [1.807, 2.05) is 6.92 Å². The van der Waals surface area contributed by atoms with E-state index >= 15 is 0 Å². The second-order valence-electron chi connectivity index (χ2n) is 3.72. The molecule has 0 N–H and O–H groups in total. The third-order valence-electron chi connectivity index (χ3n) is 3.00. The lowest BCUT2D eigenvalue weighted by molar-refractivity contribution is 0.166. The van der Waals surface area contributed by atoms with Crippen molar-refractivity contribution in [3.8, 4) is 0 Å². The molecule has 0 aromatic carbocycles. The highest BCUT2D eigenvalue weighted by Crippen LogP contribution is 2.28. The Morgan fingerprint density at radius 3 is 2.31 bits per heavy atom. The summed E-state index contributed by atoms with van der Waals surface area (Å²) in [5, 5.41) is 0. The molecular formula is C8H16N2O2S. The summed E-state index contributed by atoms with van der Waals surface area (Å²) in [6.45, 7) is 4.20. The van der Waals surface area contributed by atoms with Crippen LogP contribution in [0.5, 0.6) is 0 Å². The molecule has 0 saturated carbocycles. The predicted octanol–water partition coefficient (Wildman–Crippen LogP) is 0.421. The van der Waals surface area contributed by atoms with Gasteiger partial charge in [0, 0.05) is 25.7 Å². The molecule has 0 bridgehead atoms. The van der Waals surface area contributed by atoms with Gasteiger partial charge in [0.05, 0.1) is 0 Å². The SMILES string of the molecule is CCC1CCN1S(=O)(=O)N1CCC1. The Morgan fingerprint density at radius 2 is 2.00 bits per heavy atom. The van der Waals surface area contributed by atoms with E-state index < -0.39 is 10.2 Å². The summed E-state index contributed by atoms with van der Waals surface area (Å²) in [5.41, 5.74) is 0. The molecule has 2 rings (SSSR count). The lowest BCUT2D eigenvalue weighted by Gasteiger charge is -2.44. The molecule has 0 amide bonds. The van der Waals surface area contributed by atoms with E-state index in [1.165, 1.54) is 0 Å². The molecule has 1 unspecified atom stereocenters. The van der Waals surface area contributed by atoms with Gasteiger partial charge in [-0.2, -0.15) is 17.0 Å². The zero-order chi connectivity index (χ0) is 9.47. The van der Waals surface area contributed by atoms with E-state index in [0.29, 0.717) is 0 Å². The van der Waals surface area contributed by atoms with Crippen LogP contribution < -0.4 is 0 Å². The second-order valence-corrected chi connectivity index (χ2v) is 5.60. The number of hydrogen-bond acceptors (Lipinski definition) is 2. The molecule has 76 valence electrons. The Hall–Kier alpha value is -0.130. The summed E-state index contributed by atoms with van der Waals surface area (Å²) < 4.78 is 26.9. The van der Waals surface area contributed by atoms with E-state index in [0.717, 1.165) is 38.9 Å². The van der Waals surface area contributed by atoms with Crippen LogP contribution in [-0.4, -0.2) is 42.7 Å². The normalized spacial score (nSPS) is 31.0. The molecule has 2 saturated heterocycles. The van der Waals surface area contributed by atoms with Crippen molar-refractivity contribution in [3.05, 3.63) is 0 Å². The highest BCUT2D eigenvalue weighted by Gasteiger charge is 2.41. The zero-order valence-corrected chi connectivity index (χ0v) is 8.76. The van der Waals surface area contributed by atoms with Crippen LogP contribution >= 0.6 is 0 Å². The van der Waals surface area contributed by atoms with Crippen molar-refractivity contribution in [2.45, 2.75) is 32.2 Å². The summed E-state index contributed by atoms with van der Waals surface area (Å²) in [5.74, 6) is 0. The van der Waals surface area contributed by atoms with Gasteiger partial charge in [-0.1, -0.05) is 6.92 Å². The van der Waals surface area contributed by atoms with E-state index in [9.17, 15) is 8.42 Å². The fourth-order valence-corrected chi connectivity index (χ4v) is 3.78. The van der Waals surface area contributed by atoms with E-state index in [-0.39, 0.29) is 6.04 Å². The predicted molar refractivity (Wildman–Crippen MR) is 50.5 cm³/mol. The van der Waals surface area contributed by atoms with Crippen molar-refractivity contribution >= 4 is 10.2 Å². The molecule has 5 heteroatoms. The molecule has 2 fully saturated rings. The molecule has 0 spiro atoms. The Labute approximate surface area is 79.7 Å². The molecule has 13 heavy (non-hydrogen) atoms. The van der Waals surface area contributed by atoms with Crippen molar-refractivity contribution in [1.82, 2.24) is 8.61 Å². The number of hydrogen-bond donors (Lipinski definition) is 0. The molecule has 2 heterocycles. The Balaban J connectivity index is 2.06. The third-order valence-corrected chi connectivity index (χ3v) is 5.09. The maximum atomic E-state index is 11.8. The van der Waals surface area contributed by atoms with Gasteiger partial charge in [0.1, 0.15) is 0 Å². The standard InChI is InChI=1S/C8H16N2O2S/c1-2-8-4-7-10(8)13(11,12)9-5-3-6-9/h8H,2-7H2,1H3. The molecule has 2 aliphatic rings. The van der Waals surface area contributed by atoms with Gasteiger partial charge in [-0.3, -0.25) is 0 Å². The lowest BCUT2D eigenvalue weighted by Crippen LogP contribution is -2.58. The highest BCUT2D eigenvalue weighted by molar-refractivity contribution is 7.86. The maximum Gasteiger partial charge on any atom is 0.282 e. The fraction of sp³-hybridized carbons (Fsp3) is 1.00. The summed E-state index contributed by atoms with van der Waals surface area (Å²) in [4.78, 5) is 0. The van der Waals surface area contributed by atoms with Crippen molar-refractivity contribution in [3.63, 3.8) is 0 Å². The fourth-order valence-electron chi connectivity index (χ4n) is 1.79. The Morgan fingerprint density at radius 1 is 1.31 bits per heavy atom. The summed E-state index contributed by atoms with van der Waals surface area (Å²) in [7, 11) is -3.06. The van der Waals surface area contributed by atoms with Crippen LogP contribution in [0.25, 0.3) is 0 Å². The molecule has 0 aliphatic carbocycles. The number of nitrogens with zero attached hydrogens (tertiary/aromatic N) is 2. The lowest BCUT2D eigenvalue weighted by atomic mass is 10.1. The number of rotatable bonds is 3. The van der Waals surface area contributed by atoms with Crippen LogP contribution in [0, 0.1) is 0 Å². The summed E-state index contributed by atoms with van der Waals surface area (Å²) in [6.07, 6.45) is 2.99. The Bertz CT molecular complexity index is 283. The Kier molecular flexibility index (Phi) is 2.33.